The highest BCUT2D eigenvalue weighted by Crippen LogP contribution is 2.27. The normalized spacial score (nSPS) is 10.7. The van der Waals surface area contributed by atoms with Gasteiger partial charge >= 0.3 is 0 Å². The topological polar surface area (TPSA) is 84.0 Å². The summed E-state index contributed by atoms with van der Waals surface area (Å²) in [5.41, 5.74) is 2.81. The quantitative estimate of drug-likeness (QED) is 0.429. The van der Waals surface area contributed by atoms with Gasteiger partial charge in [-0.05, 0) is 52.7 Å². The number of aryl methyl sites for hydroxylation is 1. The highest BCUT2D eigenvalue weighted by molar-refractivity contribution is 9.10. The van der Waals surface area contributed by atoms with Crippen LogP contribution in [0.3, 0.4) is 0 Å². The number of pyridine rings is 1. The first-order valence-corrected chi connectivity index (χ1v) is 10.3. The van der Waals surface area contributed by atoms with Gasteiger partial charge in [-0.3, -0.25) is 19.9 Å². The van der Waals surface area contributed by atoms with Crippen molar-refractivity contribution >= 4 is 60.1 Å². The Morgan fingerprint density at radius 3 is 2.62 bits per heavy atom. The minimum atomic E-state index is -0.345. The number of thiazole rings is 1. The number of aromatic nitrogens is 2. The Balaban J connectivity index is 1.61. The van der Waals surface area contributed by atoms with Gasteiger partial charge in [-0.15, -0.1) is 0 Å². The van der Waals surface area contributed by atoms with E-state index in [0.717, 1.165) is 15.8 Å². The molecule has 0 fully saturated rings. The van der Waals surface area contributed by atoms with Crippen molar-refractivity contribution in [2.24, 2.45) is 0 Å². The predicted octanol–water partition coefficient (Wildman–Crippen LogP) is 5.27. The lowest BCUT2D eigenvalue weighted by Gasteiger charge is -2.13. The molecule has 0 aliphatic heterocycles. The second kappa shape index (κ2) is 8.10. The van der Waals surface area contributed by atoms with Crippen LogP contribution >= 0.6 is 27.3 Å². The summed E-state index contributed by atoms with van der Waals surface area (Å²) in [5.74, 6) is -0.683. The molecule has 0 saturated heterocycles. The Labute approximate surface area is 179 Å². The molecule has 0 aliphatic carbocycles. The molecule has 0 atom stereocenters. The highest BCUT2D eigenvalue weighted by atomic mass is 79.9. The first-order chi connectivity index (χ1) is 14.0. The zero-order valence-electron chi connectivity index (χ0n) is 15.3. The van der Waals surface area contributed by atoms with Crippen molar-refractivity contribution in [1.29, 1.82) is 0 Å². The van der Waals surface area contributed by atoms with Crippen molar-refractivity contribution in [3.63, 3.8) is 0 Å². The molecule has 6 nitrogen and oxygen atoms in total. The van der Waals surface area contributed by atoms with E-state index in [1.165, 1.54) is 17.5 Å². The Bertz CT molecular complexity index is 1210. The maximum atomic E-state index is 12.9. The van der Waals surface area contributed by atoms with Gasteiger partial charge in [0.05, 0.1) is 27.0 Å². The lowest BCUT2D eigenvalue weighted by molar-refractivity contribution is 0.102. The molecule has 0 saturated carbocycles. The standard InChI is InChI=1S/C21H15BrN4O2S/c1-12-5-4-6-15(18(12)25-19(27)13-9-14(22)11-23-10-13)20(28)26-21-24-16-7-2-3-8-17(16)29-21/h2-11H,1H3,(H,25,27)(H,24,26,28). The van der Waals surface area contributed by atoms with Crippen molar-refractivity contribution in [1.82, 2.24) is 9.97 Å². The summed E-state index contributed by atoms with van der Waals surface area (Å²) in [4.78, 5) is 34.0. The van der Waals surface area contributed by atoms with Crippen molar-refractivity contribution in [3.05, 3.63) is 82.1 Å². The number of carbonyl (C=O) groups excluding carboxylic acids is 2. The molecule has 0 bridgehead atoms. The number of benzene rings is 2. The average Bonchev–Trinajstić information content (AvgIpc) is 3.11. The molecule has 2 aromatic carbocycles. The number of nitrogens with one attached hydrogen (secondary N) is 2. The van der Waals surface area contributed by atoms with E-state index < -0.39 is 0 Å². The van der Waals surface area contributed by atoms with E-state index in [-0.39, 0.29) is 11.8 Å². The molecule has 0 radical (unpaired) electrons. The van der Waals surface area contributed by atoms with E-state index in [1.54, 1.807) is 24.4 Å². The van der Waals surface area contributed by atoms with Gasteiger partial charge in [0.15, 0.2) is 5.13 Å². The first-order valence-electron chi connectivity index (χ1n) is 8.70. The lowest BCUT2D eigenvalue weighted by atomic mass is 10.1. The van der Waals surface area contributed by atoms with Gasteiger partial charge in [0, 0.05) is 16.9 Å². The van der Waals surface area contributed by atoms with E-state index in [4.69, 9.17) is 0 Å². The number of para-hydroxylation sites is 2. The zero-order valence-corrected chi connectivity index (χ0v) is 17.7. The summed E-state index contributed by atoms with van der Waals surface area (Å²) >= 11 is 4.71. The monoisotopic (exact) mass is 466 g/mol. The van der Waals surface area contributed by atoms with Gasteiger partial charge in [0.25, 0.3) is 11.8 Å². The number of hydrogen-bond acceptors (Lipinski definition) is 5. The van der Waals surface area contributed by atoms with E-state index in [1.807, 2.05) is 37.3 Å². The summed E-state index contributed by atoms with van der Waals surface area (Å²) < 4.78 is 1.69. The Morgan fingerprint density at radius 1 is 1.00 bits per heavy atom. The SMILES string of the molecule is Cc1cccc(C(=O)Nc2nc3ccccc3s2)c1NC(=O)c1cncc(Br)c1. The number of rotatable bonds is 4. The third-order valence-electron chi connectivity index (χ3n) is 4.24. The number of hydrogen-bond donors (Lipinski definition) is 2. The number of halogens is 1. The summed E-state index contributed by atoms with van der Waals surface area (Å²) in [6, 6.07) is 14.6. The van der Waals surface area contributed by atoms with Gasteiger partial charge in [0.1, 0.15) is 0 Å². The first kappa shape index (κ1) is 19.2. The van der Waals surface area contributed by atoms with Crippen molar-refractivity contribution in [3.8, 4) is 0 Å². The molecular formula is C21H15BrN4O2S. The highest BCUT2D eigenvalue weighted by Gasteiger charge is 2.18. The van der Waals surface area contributed by atoms with Crippen LogP contribution in [0.4, 0.5) is 10.8 Å². The minimum Gasteiger partial charge on any atom is -0.321 e. The van der Waals surface area contributed by atoms with Crippen LogP contribution in [0.25, 0.3) is 10.2 Å². The molecule has 2 amide bonds. The van der Waals surface area contributed by atoms with Crippen molar-refractivity contribution < 1.29 is 9.59 Å². The smallest absolute Gasteiger partial charge is 0.259 e. The summed E-state index contributed by atoms with van der Waals surface area (Å²) in [5, 5.41) is 6.18. The largest absolute Gasteiger partial charge is 0.321 e. The van der Waals surface area contributed by atoms with Crippen LogP contribution in [-0.4, -0.2) is 21.8 Å². The van der Waals surface area contributed by atoms with Gasteiger partial charge in [-0.2, -0.15) is 0 Å². The number of fused-ring (bicyclic) bond motifs is 1. The fourth-order valence-corrected chi connectivity index (χ4v) is 4.06. The molecule has 2 aromatic heterocycles. The summed E-state index contributed by atoms with van der Waals surface area (Å²) in [7, 11) is 0. The van der Waals surface area contributed by atoms with Gasteiger partial charge in [-0.25, -0.2) is 4.98 Å². The molecule has 0 aliphatic rings. The maximum absolute atomic E-state index is 12.9. The molecule has 29 heavy (non-hydrogen) atoms. The van der Waals surface area contributed by atoms with Crippen LogP contribution in [0.5, 0.6) is 0 Å². The van der Waals surface area contributed by atoms with Crippen LogP contribution in [0.15, 0.2) is 65.4 Å². The Kier molecular flexibility index (Phi) is 5.37. The van der Waals surface area contributed by atoms with E-state index in [9.17, 15) is 9.59 Å². The zero-order chi connectivity index (χ0) is 20.4. The maximum Gasteiger partial charge on any atom is 0.259 e. The van der Waals surface area contributed by atoms with Crippen LogP contribution < -0.4 is 10.6 Å². The minimum absolute atomic E-state index is 0.338. The molecule has 4 aromatic rings. The van der Waals surface area contributed by atoms with Crippen molar-refractivity contribution in [2.45, 2.75) is 6.92 Å². The molecular weight excluding hydrogens is 452 g/mol. The van der Waals surface area contributed by atoms with Crippen molar-refractivity contribution in [2.75, 3.05) is 10.6 Å². The molecule has 8 heteroatoms. The summed E-state index contributed by atoms with van der Waals surface area (Å²) in [6.45, 7) is 1.84. The van der Waals surface area contributed by atoms with Crippen LogP contribution in [0, 0.1) is 6.92 Å². The number of carbonyl (C=O) groups is 2. The fourth-order valence-electron chi connectivity index (χ4n) is 2.83. The van der Waals surface area contributed by atoms with E-state index in [2.05, 4.69) is 36.5 Å². The second-order valence-corrected chi connectivity index (χ2v) is 8.23. The Hall–Kier alpha value is -3.10. The molecule has 144 valence electrons. The molecule has 2 N–H and O–H groups in total. The van der Waals surface area contributed by atoms with Gasteiger partial charge in [0.2, 0.25) is 0 Å². The third-order valence-corrected chi connectivity index (χ3v) is 5.62. The van der Waals surface area contributed by atoms with Crippen LogP contribution in [0.2, 0.25) is 0 Å². The number of amides is 2. The molecule has 4 rings (SSSR count). The second-order valence-electron chi connectivity index (χ2n) is 6.28. The third kappa shape index (κ3) is 4.18. The fraction of sp³-hybridized carbons (Fsp3) is 0.0476. The average molecular weight is 467 g/mol. The van der Waals surface area contributed by atoms with E-state index >= 15 is 0 Å². The van der Waals surface area contributed by atoms with E-state index in [0.29, 0.717) is 26.4 Å². The lowest BCUT2D eigenvalue weighted by Crippen LogP contribution is -2.19. The van der Waals surface area contributed by atoms with Gasteiger partial charge < -0.3 is 5.32 Å². The predicted molar refractivity (Wildman–Crippen MR) is 119 cm³/mol. The van der Waals surface area contributed by atoms with Crippen LogP contribution in [-0.2, 0) is 0 Å². The molecule has 2 heterocycles. The molecule has 0 unspecified atom stereocenters. The number of anilines is 2. The summed E-state index contributed by atoms with van der Waals surface area (Å²) in [6.07, 6.45) is 3.07. The Morgan fingerprint density at radius 2 is 1.83 bits per heavy atom. The molecule has 0 spiro atoms. The van der Waals surface area contributed by atoms with Gasteiger partial charge in [-0.1, -0.05) is 35.6 Å². The number of nitrogens with zero attached hydrogens (tertiary/aromatic N) is 2. The van der Waals surface area contributed by atoms with Crippen LogP contribution in [0.1, 0.15) is 26.3 Å².